The Morgan fingerprint density at radius 2 is 1.66 bits per heavy atom. The van der Waals surface area contributed by atoms with E-state index in [4.69, 9.17) is 0 Å². The number of benzene rings is 2. The number of piperidine rings is 3. The Labute approximate surface area is 284 Å². The van der Waals surface area contributed by atoms with Crippen molar-refractivity contribution >= 4 is 50.5 Å². The zero-order chi connectivity index (χ0) is 32.3. The number of para-hydroxylation sites is 1. The lowest BCUT2D eigenvalue weighted by molar-refractivity contribution is -0.135. The van der Waals surface area contributed by atoms with Crippen LogP contribution in [0.25, 0.3) is 10.9 Å². The minimum absolute atomic E-state index is 0.0128. The normalized spacial score (nSPS) is 20.9. The van der Waals surface area contributed by atoms with Gasteiger partial charge in [0.05, 0.1) is 11.7 Å². The van der Waals surface area contributed by atoms with Gasteiger partial charge in [-0.25, -0.2) is 9.59 Å². The number of anilines is 1. The molecule has 3 aromatic rings. The summed E-state index contributed by atoms with van der Waals surface area (Å²) in [4.78, 5) is 46.7. The van der Waals surface area contributed by atoms with Crippen LogP contribution >= 0.6 is 15.9 Å². The number of hydrogen-bond acceptors (Lipinski definition) is 5. The number of urea groups is 2. The van der Waals surface area contributed by atoms with Gasteiger partial charge < -0.3 is 30.7 Å². The van der Waals surface area contributed by atoms with Crippen LogP contribution in [0.15, 0.2) is 47.1 Å². The lowest BCUT2D eigenvalue weighted by Gasteiger charge is -2.40. The standard InChI is InChI=1S/C35H45BrN8O3/c36-29-20-23(19-27-22-38-41-32(27)29)21-31(33(45)42-14-7-25(8-15-42)24-5-12-37-13-6-24)40-34(46)43-16-10-28(11-17-43)44-18-9-26-3-1-2-4-30(26)39-35(44)47/h1-4,19-20,22,24-25,28,31,37H,5-18,21H2,(H,38,41)(H,39,47)(H,40,46). The van der Waals surface area contributed by atoms with E-state index in [0.29, 0.717) is 44.8 Å². The number of halogens is 1. The van der Waals surface area contributed by atoms with E-state index in [1.165, 1.54) is 12.8 Å². The average molecular weight is 706 g/mol. The second-order valence-electron chi connectivity index (χ2n) is 13.6. The van der Waals surface area contributed by atoms with Gasteiger partial charge in [-0.2, -0.15) is 5.10 Å². The van der Waals surface area contributed by atoms with Crippen LogP contribution in [0, 0.1) is 11.8 Å². The highest BCUT2D eigenvalue weighted by atomic mass is 79.9. The maximum Gasteiger partial charge on any atom is 0.322 e. The first kappa shape index (κ1) is 31.9. The van der Waals surface area contributed by atoms with Crippen LogP contribution in [0.5, 0.6) is 0 Å². The van der Waals surface area contributed by atoms with Crippen LogP contribution in [0.4, 0.5) is 15.3 Å². The summed E-state index contributed by atoms with van der Waals surface area (Å²) in [6, 6.07) is 11.1. The van der Waals surface area contributed by atoms with E-state index in [9.17, 15) is 14.4 Å². The van der Waals surface area contributed by atoms with Gasteiger partial charge in [-0.1, -0.05) is 18.2 Å². The zero-order valence-corrected chi connectivity index (χ0v) is 28.4. The first-order chi connectivity index (χ1) is 22.9. The Hall–Kier alpha value is -3.64. The Morgan fingerprint density at radius 1 is 0.936 bits per heavy atom. The molecule has 4 N–H and O–H groups in total. The van der Waals surface area contributed by atoms with Crippen molar-refractivity contribution in [1.29, 1.82) is 0 Å². The number of aromatic nitrogens is 2. The first-order valence-corrected chi connectivity index (χ1v) is 18.0. The van der Waals surface area contributed by atoms with Crippen LogP contribution in [0.3, 0.4) is 0 Å². The molecule has 0 saturated carbocycles. The van der Waals surface area contributed by atoms with Crippen molar-refractivity contribution in [3.63, 3.8) is 0 Å². The van der Waals surface area contributed by atoms with Gasteiger partial charge in [0.1, 0.15) is 6.04 Å². The highest BCUT2D eigenvalue weighted by molar-refractivity contribution is 9.10. The van der Waals surface area contributed by atoms with Crippen LogP contribution in [-0.2, 0) is 17.6 Å². The topological polar surface area (TPSA) is 126 Å². The van der Waals surface area contributed by atoms with E-state index in [1.807, 2.05) is 40.1 Å². The maximum absolute atomic E-state index is 14.1. The van der Waals surface area contributed by atoms with Crippen molar-refractivity contribution in [2.45, 2.75) is 63.5 Å². The van der Waals surface area contributed by atoms with Crippen LogP contribution in [0.2, 0.25) is 0 Å². The molecule has 3 saturated heterocycles. The van der Waals surface area contributed by atoms with Crippen molar-refractivity contribution in [3.05, 3.63) is 58.2 Å². The lowest BCUT2D eigenvalue weighted by Crippen LogP contribution is -2.57. The molecule has 5 amide bonds. The molecule has 7 rings (SSSR count). The third-order valence-electron chi connectivity index (χ3n) is 10.8. The number of rotatable bonds is 6. The molecule has 4 aliphatic rings. The summed E-state index contributed by atoms with van der Waals surface area (Å²) in [5.74, 6) is 1.39. The molecule has 0 bridgehead atoms. The molecule has 47 heavy (non-hydrogen) atoms. The van der Waals surface area contributed by atoms with Crippen molar-refractivity contribution in [2.24, 2.45) is 11.8 Å². The van der Waals surface area contributed by atoms with E-state index in [1.54, 1.807) is 11.1 Å². The third-order valence-corrected chi connectivity index (χ3v) is 11.5. The van der Waals surface area contributed by atoms with Crippen molar-refractivity contribution in [2.75, 3.05) is 51.1 Å². The number of fused-ring (bicyclic) bond motifs is 2. The molecule has 1 aromatic heterocycles. The predicted octanol–water partition coefficient (Wildman–Crippen LogP) is 4.74. The molecule has 0 radical (unpaired) electrons. The first-order valence-electron chi connectivity index (χ1n) is 17.2. The summed E-state index contributed by atoms with van der Waals surface area (Å²) in [7, 11) is 0. The second-order valence-corrected chi connectivity index (χ2v) is 14.5. The van der Waals surface area contributed by atoms with Crippen molar-refractivity contribution in [1.82, 2.24) is 35.5 Å². The van der Waals surface area contributed by atoms with Crippen LogP contribution in [-0.4, -0.2) is 101 Å². The molecular formula is C35H45BrN8O3. The minimum Gasteiger partial charge on any atom is -0.341 e. The number of likely N-dealkylation sites (tertiary alicyclic amines) is 2. The van der Waals surface area contributed by atoms with E-state index >= 15 is 0 Å². The molecule has 250 valence electrons. The molecule has 1 atom stereocenters. The van der Waals surface area contributed by atoms with Gasteiger partial charge in [-0.05, 0) is 115 Å². The summed E-state index contributed by atoms with van der Waals surface area (Å²) in [6.45, 7) is 5.36. The fourth-order valence-corrected chi connectivity index (χ4v) is 8.72. The van der Waals surface area contributed by atoms with Crippen LogP contribution < -0.4 is 16.0 Å². The number of hydrogen-bond donors (Lipinski definition) is 4. The van der Waals surface area contributed by atoms with Gasteiger partial charge in [0, 0.05) is 60.7 Å². The molecule has 1 unspecified atom stereocenters. The molecule has 4 aliphatic heterocycles. The number of carbonyl (C=O) groups is 3. The molecule has 11 nitrogen and oxygen atoms in total. The van der Waals surface area contributed by atoms with Gasteiger partial charge in [0.25, 0.3) is 0 Å². The van der Waals surface area contributed by atoms with Crippen molar-refractivity contribution in [3.8, 4) is 0 Å². The number of nitrogens with zero attached hydrogens (tertiary/aromatic N) is 4. The Bertz CT molecular complexity index is 1590. The SMILES string of the molecule is O=C(NC(Cc1cc(Br)c2[nH]ncc2c1)C(=O)N1CCC(C2CCNCC2)CC1)N1CCC(N2CCc3ccccc3NC2=O)CC1. The fourth-order valence-electron chi connectivity index (χ4n) is 8.11. The summed E-state index contributed by atoms with van der Waals surface area (Å²) >= 11 is 3.65. The average Bonchev–Trinajstić information content (AvgIpc) is 3.52. The molecule has 2 aromatic carbocycles. The number of amides is 5. The summed E-state index contributed by atoms with van der Waals surface area (Å²) < 4.78 is 0.880. The van der Waals surface area contributed by atoms with E-state index in [2.05, 4.69) is 48.1 Å². The third kappa shape index (κ3) is 7.13. The maximum atomic E-state index is 14.1. The summed E-state index contributed by atoms with van der Waals surface area (Å²) in [5.41, 5.74) is 3.89. The number of nitrogens with one attached hydrogen (secondary N) is 4. The molecule has 12 heteroatoms. The van der Waals surface area contributed by atoms with Gasteiger partial charge in [0.15, 0.2) is 0 Å². The molecule has 0 aliphatic carbocycles. The van der Waals surface area contributed by atoms with Gasteiger partial charge in [0.2, 0.25) is 5.91 Å². The zero-order valence-electron chi connectivity index (χ0n) is 26.8. The predicted molar refractivity (Wildman–Crippen MR) is 185 cm³/mol. The van der Waals surface area contributed by atoms with E-state index < -0.39 is 6.04 Å². The minimum atomic E-state index is -0.679. The number of carbonyl (C=O) groups excluding carboxylic acids is 3. The highest BCUT2D eigenvalue weighted by Gasteiger charge is 2.35. The molecule has 3 fully saturated rings. The highest BCUT2D eigenvalue weighted by Crippen LogP contribution is 2.32. The quantitative estimate of drug-likeness (QED) is 0.295. The monoisotopic (exact) mass is 704 g/mol. The number of H-pyrrole nitrogens is 1. The van der Waals surface area contributed by atoms with E-state index in [0.717, 1.165) is 83.5 Å². The van der Waals surface area contributed by atoms with Crippen molar-refractivity contribution < 1.29 is 14.4 Å². The second kappa shape index (κ2) is 14.2. The Kier molecular flexibility index (Phi) is 9.67. The summed E-state index contributed by atoms with van der Waals surface area (Å²) in [6.07, 6.45) is 8.84. The van der Waals surface area contributed by atoms with Gasteiger partial charge in [-0.3, -0.25) is 9.89 Å². The molecule has 5 heterocycles. The van der Waals surface area contributed by atoms with E-state index in [-0.39, 0.29) is 24.0 Å². The fraction of sp³-hybridized carbons (Fsp3) is 0.543. The Balaban J connectivity index is 1.00. The molecular weight excluding hydrogens is 660 g/mol. The lowest BCUT2D eigenvalue weighted by atomic mass is 9.79. The summed E-state index contributed by atoms with van der Waals surface area (Å²) in [5, 5.41) is 17.8. The number of aromatic amines is 1. The smallest absolute Gasteiger partial charge is 0.322 e. The Morgan fingerprint density at radius 3 is 2.45 bits per heavy atom. The van der Waals surface area contributed by atoms with Gasteiger partial charge in [-0.15, -0.1) is 0 Å². The van der Waals surface area contributed by atoms with Crippen LogP contribution in [0.1, 0.15) is 49.7 Å². The molecule has 0 spiro atoms. The largest absolute Gasteiger partial charge is 0.341 e. The van der Waals surface area contributed by atoms with Gasteiger partial charge >= 0.3 is 12.1 Å².